The summed E-state index contributed by atoms with van der Waals surface area (Å²) in [6.07, 6.45) is 4.10. The largest absolute Gasteiger partial charge is 0.309 e. The number of aromatic nitrogens is 1. The molecule has 3 heteroatoms. The van der Waals surface area contributed by atoms with Crippen LogP contribution < -0.4 is 5.32 Å². The highest BCUT2D eigenvalue weighted by atomic mass is 35.5. The number of nitrogens with zero attached hydrogens (tertiary/aromatic N) is 1. The van der Waals surface area contributed by atoms with E-state index in [2.05, 4.69) is 24.1 Å². The van der Waals surface area contributed by atoms with Crippen LogP contribution in [0.25, 0.3) is 0 Å². The molecule has 0 fully saturated rings. The minimum atomic E-state index is 0.553. The number of nitrogens with one attached hydrogen (secondary N) is 1. The van der Waals surface area contributed by atoms with E-state index in [9.17, 15) is 0 Å². The van der Waals surface area contributed by atoms with Crippen LogP contribution >= 0.6 is 11.6 Å². The molecule has 0 aromatic carbocycles. The summed E-state index contributed by atoms with van der Waals surface area (Å²) in [5, 5.41) is 4.10. The summed E-state index contributed by atoms with van der Waals surface area (Å²) in [7, 11) is 0. The molecule has 0 amide bonds. The Kier molecular flexibility index (Phi) is 4.91. The molecule has 1 heterocycles. The third-order valence-corrected chi connectivity index (χ3v) is 2.37. The van der Waals surface area contributed by atoms with Crippen molar-refractivity contribution >= 4 is 11.6 Å². The fourth-order valence-electron chi connectivity index (χ4n) is 1.32. The predicted octanol–water partition coefficient (Wildman–Crippen LogP) is 3.01. The SMILES string of the molecule is CCCC(C)NCc1ccc(Cl)cn1. The lowest BCUT2D eigenvalue weighted by Crippen LogP contribution is -2.25. The second-order valence-electron chi connectivity index (χ2n) is 3.54. The molecule has 14 heavy (non-hydrogen) atoms. The zero-order valence-corrected chi connectivity index (χ0v) is 9.51. The van der Waals surface area contributed by atoms with Crippen LogP contribution in [0.15, 0.2) is 18.3 Å². The summed E-state index contributed by atoms with van der Waals surface area (Å²) in [6.45, 7) is 5.20. The molecule has 1 rings (SSSR count). The molecule has 0 spiro atoms. The average molecular weight is 213 g/mol. The molecule has 1 unspecified atom stereocenters. The van der Waals surface area contributed by atoms with Gasteiger partial charge in [-0.3, -0.25) is 4.98 Å². The van der Waals surface area contributed by atoms with Crippen molar-refractivity contribution < 1.29 is 0 Å². The second kappa shape index (κ2) is 5.99. The van der Waals surface area contributed by atoms with Crippen LogP contribution in [-0.2, 0) is 6.54 Å². The number of halogens is 1. The van der Waals surface area contributed by atoms with Crippen molar-refractivity contribution in [3.63, 3.8) is 0 Å². The maximum atomic E-state index is 5.74. The Morgan fingerprint density at radius 1 is 1.50 bits per heavy atom. The van der Waals surface area contributed by atoms with Crippen LogP contribution in [0.1, 0.15) is 32.4 Å². The minimum Gasteiger partial charge on any atom is -0.309 e. The van der Waals surface area contributed by atoms with Crippen molar-refractivity contribution in [1.29, 1.82) is 0 Å². The second-order valence-corrected chi connectivity index (χ2v) is 3.97. The lowest BCUT2D eigenvalue weighted by molar-refractivity contribution is 0.504. The summed E-state index contributed by atoms with van der Waals surface area (Å²) in [4.78, 5) is 4.22. The Bertz CT molecular complexity index is 258. The first-order valence-corrected chi connectivity index (χ1v) is 5.44. The van der Waals surface area contributed by atoms with Crippen LogP contribution in [-0.4, -0.2) is 11.0 Å². The van der Waals surface area contributed by atoms with Crippen LogP contribution in [0, 0.1) is 0 Å². The van der Waals surface area contributed by atoms with Gasteiger partial charge in [-0.2, -0.15) is 0 Å². The predicted molar refractivity (Wildman–Crippen MR) is 60.5 cm³/mol. The maximum absolute atomic E-state index is 5.74. The molecule has 1 N–H and O–H groups in total. The van der Waals surface area contributed by atoms with Crippen LogP contribution in [0.2, 0.25) is 5.02 Å². The van der Waals surface area contributed by atoms with Gasteiger partial charge in [-0.15, -0.1) is 0 Å². The highest BCUT2D eigenvalue weighted by molar-refractivity contribution is 6.30. The van der Waals surface area contributed by atoms with Gasteiger partial charge in [-0.1, -0.05) is 24.9 Å². The van der Waals surface area contributed by atoms with E-state index < -0.39 is 0 Å². The number of pyridine rings is 1. The number of rotatable bonds is 5. The molecule has 1 aromatic rings. The summed E-state index contributed by atoms with van der Waals surface area (Å²) in [5.74, 6) is 0. The average Bonchev–Trinajstić information content (AvgIpc) is 2.17. The van der Waals surface area contributed by atoms with Crippen molar-refractivity contribution in [3.8, 4) is 0 Å². The smallest absolute Gasteiger partial charge is 0.0589 e. The van der Waals surface area contributed by atoms with Gasteiger partial charge in [-0.05, 0) is 25.5 Å². The molecule has 2 nitrogen and oxygen atoms in total. The van der Waals surface area contributed by atoms with Gasteiger partial charge in [0.1, 0.15) is 0 Å². The Hall–Kier alpha value is -0.600. The zero-order chi connectivity index (χ0) is 10.4. The monoisotopic (exact) mass is 212 g/mol. The minimum absolute atomic E-state index is 0.553. The van der Waals surface area contributed by atoms with Gasteiger partial charge in [0.2, 0.25) is 0 Å². The lowest BCUT2D eigenvalue weighted by Gasteiger charge is -2.11. The van der Waals surface area contributed by atoms with Crippen molar-refractivity contribution in [2.45, 2.75) is 39.3 Å². The van der Waals surface area contributed by atoms with Gasteiger partial charge in [0.25, 0.3) is 0 Å². The molecular formula is C11H17ClN2. The fraction of sp³-hybridized carbons (Fsp3) is 0.545. The number of hydrogen-bond donors (Lipinski definition) is 1. The molecule has 0 saturated heterocycles. The van der Waals surface area contributed by atoms with Crippen LogP contribution in [0.3, 0.4) is 0 Å². The van der Waals surface area contributed by atoms with Gasteiger partial charge in [-0.25, -0.2) is 0 Å². The number of hydrogen-bond acceptors (Lipinski definition) is 2. The third-order valence-electron chi connectivity index (χ3n) is 2.14. The quantitative estimate of drug-likeness (QED) is 0.812. The van der Waals surface area contributed by atoms with E-state index in [1.165, 1.54) is 12.8 Å². The summed E-state index contributed by atoms with van der Waals surface area (Å²) in [5.41, 5.74) is 1.04. The molecule has 0 aliphatic rings. The highest BCUT2D eigenvalue weighted by Gasteiger charge is 2.00. The van der Waals surface area contributed by atoms with Crippen LogP contribution in [0.4, 0.5) is 0 Å². The van der Waals surface area contributed by atoms with Gasteiger partial charge in [0.05, 0.1) is 10.7 Å². The first-order chi connectivity index (χ1) is 6.72. The van der Waals surface area contributed by atoms with Gasteiger partial charge in [0.15, 0.2) is 0 Å². The highest BCUT2D eigenvalue weighted by Crippen LogP contribution is 2.06. The molecule has 78 valence electrons. The Balaban J connectivity index is 2.34. The molecule has 1 aromatic heterocycles. The van der Waals surface area contributed by atoms with E-state index in [1.54, 1.807) is 6.20 Å². The van der Waals surface area contributed by atoms with E-state index in [-0.39, 0.29) is 0 Å². The third kappa shape index (κ3) is 4.07. The molecule has 0 radical (unpaired) electrons. The van der Waals surface area contributed by atoms with Gasteiger partial charge >= 0.3 is 0 Å². The van der Waals surface area contributed by atoms with Gasteiger partial charge in [0, 0.05) is 18.8 Å². The van der Waals surface area contributed by atoms with Crippen molar-refractivity contribution in [2.24, 2.45) is 0 Å². The van der Waals surface area contributed by atoms with E-state index in [4.69, 9.17) is 11.6 Å². The van der Waals surface area contributed by atoms with E-state index in [0.717, 1.165) is 12.2 Å². The standard InChI is InChI=1S/C11H17ClN2/c1-3-4-9(2)13-8-11-6-5-10(12)7-14-11/h5-7,9,13H,3-4,8H2,1-2H3. The van der Waals surface area contributed by atoms with E-state index in [1.807, 2.05) is 12.1 Å². The first kappa shape index (κ1) is 11.5. The molecule has 0 aliphatic heterocycles. The summed E-state index contributed by atoms with van der Waals surface area (Å²) in [6, 6.07) is 4.38. The fourth-order valence-corrected chi connectivity index (χ4v) is 1.44. The van der Waals surface area contributed by atoms with Crippen LogP contribution in [0.5, 0.6) is 0 Å². The Labute approximate surface area is 90.7 Å². The van der Waals surface area contributed by atoms with E-state index >= 15 is 0 Å². The molecule has 0 aliphatic carbocycles. The van der Waals surface area contributed by atoms with Crippen molar-refractivity contribution in [2.75, 3.05) is 0 Å². The maximum Gasteiger partial charge on any atom is 0.0589 e. The molecule has 1 atom stereocenters. The van der Waals surface area contributed by atoms with Gasteiger partial charge < -0.3 is 5.32 Å². The normalized spacial score (nSPS) is 12.8. The van der Waals surface area contributed by atoms with E-state index in [0.29, 0.717) is 11.1 Å². The topological polar surface area (TPSA) is 24.9 Å². The van der Waals surface area contributed by atoms with Crippen molar-refractivity contribution in [1.82, 2.24) is 10.3 Å². The zero-order valence-electron chi connectivity index (χ0n) is 8.76. The Morgan fingerprint density at radius 2 is 2.29 bits per heavy atom. The summed E-state index contributed by atoms with van der Waals surface area (Å²) < 4.78 is 0. The summed E-state index contributed by atoms with van der Waals surface area (Å²) >= 11 is 5.74. The molecular weight excluding hydrogens is 196 g/mol. The molecule has 0 saturated carbocycles. The first-order valence-electron chi connectivity index (χ1n) is 5.06. The molecule has 0 bridgehead atoms. The van der Waals surface area contributed by atoms with Crippen molar-refractivity contribution in [3.05, 3.63) is 29.0 Å². The Morgan fingerprint density at radius 3 is 2.86 bits per heavy atom. The lowest BCUT2D eigenvalue weighted by atomic mass is 10.2.